The van der Waals surface area contributed by atoms with Gasteiger partial charge in [0.15, 0.2) is 0 Å². The molecule has 4 rings (SSSR count). The Hall–Kier alpha value is -1.09. The number of nitrogen functional groups attached to an aromatic ring is 1. The number of nitrogens with zero attached hydrogens (tertiary/aromatic N) is 1. The summed E-state index contributed by atoms with van der Waals surface area (Å²) in [5.41, 5.74) is 6.44. The summed E-state index contributed by atoms with van der Waals surface area (Å²) in [4.78, 5) is 4.15. The van der Waals surface area contributed by atoms with E-state index in [1.807, 2.05) is 12.1 Å². The first kappa shape index (κ1) is 11.7. The van der Waals surface area contributed by atoms with E-state index in [-0.39, 0.29) is 0 Å². The minimum absolute atomic E-state index is 0.504. The van der Waals surface area contributed by atoms with Crippen molar-refractivity contribution in [2.45, 2.75) is 44.1 Å². The highest BCUT2D eigenvalue weighted by molar-refractivity contribution is 5.40. The summed E-state index contributed by atoms with van der Waals surface area (Å²) in [5, 5.41) is 11.1. The molecular weight excluding hydrogens is 236 g/mol. The van der Waals surface area contributed by atoms with E-state index >= 15 is 0 Å². The molecule has 3 aliphatic carbocycles. The van der Waals surface area contributed by atoms with Crippen LogP contribution in [0.4, 0.5) is 5.82 Å². The minimum Gasteiger partial charge on any atom is -0.389 e. The van der Waals surface area contributed by atoms with Crippen molar-refractivity contribution < 1.29 is 5.11 Å². The first-order chi connectivity index (χ1) is 9.17. The van der Waals surface area contributed by atoms with Crippen LogP contribution in [0.25, 0.3) is 0 Å². The van der Waals surface area contributed by atoms with Crippen LogP contribution in [0.2, 0.25) is 0 Å². The molecule has 3 saturated carbocycles. The van der Waals surface area contributed by atoms with Crippen LogP contribution in [0.1, 0.15) is 37.7 Å². The topological polar surface area (TPSA) is 59.1 Å². The summed E-state index contributed by atoms with van der Waals surface area (Å²) >= 11 is 0. The second-order valence-corrected chi connectivity index (χ2v) is 6.89. The van der Waals surface area contributed by atoms with E-state index in [0.717, 1.165) is 29.7 Å². The number of anilines is 1. The summed E-state index contributed by atoms with van der Waals surface area (Å²) < 4.78 is 0. The monoisotopic (exact) mass is 258 g/mol. The van der Waals surface area contributed by atoms with Gasteiger partial charge in [0.2, 0.25) is 0 Å². The van der Waals surface area contributed by atoms with Crippen molar-refractivity contribution in [3.05, 3.63) is 23.9 Å². The highest BCUT2D eigenvalue weighted by Crippen LogP contribution is 2.63. The van der Waals surface area contributed by atoms with E-state index in [0.29, 0.717) is 18.2 Å². The minimum atomic E-state index is -0.521. The Bertz CT molecular complexity index is 503. The lowest BCUT2D eigenvalue weighted by molar-refractivity contribution is -0.0449. The fraction of sp³-hybridized carbons (Fsp3) is 0.688. The van der Waals surface area contributed by atoms with Crippen LogP contribution >= 0.6 is 0 Å². The van der Waals surface area contributed by atoms with Crippen LogP contribution in [0.15, 0.2) is 18.3 Å². The van der Waals surface area contributed by atoms with Crippen LogP contribution in [0, 0.1) is 23.7 Å². The quantitative estimate of drug-likeness (QED) is 0.856. The van der Waals surface area contributed by atoms with E-state index < -0.39 is 5.60 Å². The molecule has 1 aromatic heterocycles. The number of pyridine rings is 1. The number of fused-ring (bicyclic) bond motifs is 5. The molecule has 3 fully saturated rings. The molecule has 102 valence electrons. The lowest BCUT2D eigenvalue weighted by Gasteiger charge is -2.39. The van der Waals surface area contributed by atoms with Crippen LogP contribution in [0.5, 0.6) is 0 Å². The molecule has 0 aliphatic heterocycles. The highest BCUT2D eigenvalue weighted by Gasteiger charge is 2.60. The van der Waals surface area contributed by atoms with Gasteiger partial charge in [0.1, 0.15) is 5.82 Å². The van der Waals surface area contributed by atoms with Gasteiger partial charge in [0, 0.05) is 12.6 Å². The molecular formula is C16H22N2O. The average molecular weight is 258 g/mol. The third-order valence-electron chi connectivity index (χ3n) is 6.03. The molecule has 0 amide bonds. The molecule has 5 atom stereocenters. The number of aliphatic hydroxyl groups is 1. The van der Waals surface area contributed by atoms with Crippen LogP contribution in [0.3, 0.4) is 0 Å². The highest BCUT2D eigenvalue weighted by atomic mass is 16.3. The summed E-state index contributed by atoms with van der Waals surface area (Å²) in [5.74, 6) is 3.55. The van der Waals surface area contributed by atoms with Gasteiger partial charge < -0.3 is 10.8 Å². The van der Waals surface area contributed by atoms with Crippen molar-refractivity contribution in [2.24, 2.45) is 23.7 Å². The smallest absolute Gasteiger partial charge is 0.126 e. The molecule has 3 nitrogen and oxygen atoms in total. The third-order valence-corrected chi connectivity index (χ3v) is 6.03. The zero-order chi connectivity index (χ0) is 13.0. The van der Waals surface area contributed by atoms with Gasteiger partial charge in [0.05, 0.1) is 5.60 Å². The fourth-order valence-electron chi connectivity index (χ4n) is 5.37. The van der Waals surface area contributed by atoms with Gasteiger partial charge in [-0.1, -0.05) is 12.5 Å². The Balaban J connectivity index is 1.60. The predicted molar refractivity (Wildman–Crippen MR) is 74.3 cm³/mol. The largest absolute Gasteiger partial charge is 0.389 e. The molecule has 0 spiro atoms. The van der Waals surface area contributed by atoms with Crippen LogP contribution in [-0.2, 0) is 6.42 Å². The van der Waals surface area contributed by atoms with E-state index in [1.54, 1.807) is 6.20 Å². The van der Waals surface area contributed by atoms with E-state index in [1.165, 1.54) is 25.7 Å². The molecule has 0 radical (unpaired) electrons. The van der Waals surface area contributed by atoms with Crippen molar-refractivity contribution in [2.75, 3.05) is 5.73 Å². The summed E-state index contributed by atoms with van der Waals surface area (Å²) in [6, 6.07) is 3.93. The summed E-state index contributed by atoms with van der Waals surface area (Å²) in [6.45, 7) is 0. The van der Waals surface area contributed by atoms with Gasteiger partial charge in [-0.3, -0.25) is 0 Å². The van der Waals surface area contributed by atoms with Crippen molar-refractivity contribution in [3.63, 3.8) is 0 Å². The molecule has 0 aromatic carbocycles. The van der Waals surface area contributed by atoms with Crippen molar-refractivity contribution in [1.82, 2.24) is 4.98 Å². The predicted octanol–water partition coefficient (Wildman–Crippen LogP) is 2.39. The Kier molecular flexibility index (Phi) is 2.44. The van der Waals surface area contributed by atoms with Crippen molar-refractivity contribution in [3.8, 4) is 0 Å². The van der Waals surface area contributed by atoms with Crippen LogP contribution < -0.4 is 5.73 Å². The maximum Gasteiger partial charge on any atom is 0.126 e. The SMILES string of the molecule is Nc1ncccc1CC1(O)CC2CC1C1CCCC21. The summed E-state index contributed by atoms with van der Waals surface area (Å²) in [6.07, 6.45) is 8.73. The molecule has 3 N–H and O–H groups in total. The Morgan fingerprint density at radius 3 is 3.05 bits per heavy atom. The fourth-order valence-corrected chi connectivity index (χ4v) is 5.37. The molecule has 3 heteroatoms. The second kappa shape index (κ2) is 3.95. The van der Waals surface area contributed by atoms with Gasteiger partial charge in [-0.2, -0.15) is 0 Å². The zero-order valence-electron chi connectivity index (χ0n) is 11.3. The third kappa shape index (κ3) is 1.64. The zero-order valence-corrected chi connectivity index (χ0v) is 11.3. The molecule has 5 unspecified atom stereocenters. The van der Waals surface area contributed by atoms with E-state index in [2.05, 4.69) is 4.98 Å². The standard InChI is InChI=1S/C16H22N2O/c17-15-10(3-2-6-18-15)8-16(19)9-11-7-14(16)13-5-1-4-12(11)13/h2-3,6,11-14,19H,1,4-5,7-9H2,(H2,17,18). The van der Waals surface area contributed by atoms with Crippen molar-refractivity contribution >= 4 is 5.82 Å². The summed E-state index contributed by atoms with van der Waals surface area (Å²) in [7, 11) is 0. The molecule has 1 heterocycles. The Morgan fingerprint density at radius 1 is 1.37 bits per heavy atom. The van der Waals surface area contributed by atoms with Gasteiger partial charge in [-0.05, 0) is 61.0 Å². The maximum atomic E-state index is 11.1. The average Bonchev–Trinajstić information content (AvgIpc) is 3.02. The van der Waals surface area contributed by atoms with Gasteiger partial charge in [0.25, 0.3) is 0 Å². The Morgan fingerprint density at radius 2 is 2.21 bits per heavy atom. The number of aromatic nitrogens is 1. The Labute approximate surface area is 114 Å². The molecule has 0 saturated heterocycles. The van der Waals surface area contributed by atoms with Crippen molar-refractivity contribution in [1.29, 1.82) is 0 Å². The van der Waals surface area contributed by atoms with Gasteiger partial charge in [-0.15, -0.1) is 0 Å². The normalized spacial score (nSPS) is 43.6. The number of hydrogen-bond acceptors (Lipinski definition) is 3. The number of rotatable bonds is 2. The first-order valence-electron chi connectivity index (χ1n) is 7.59. The van der Waals surface area contributed by atoms with E-state index in [4.69, 9.17) is 5.73 Å². The molecule has 3 aliphatic rings. The lowest BCUT2D eigenvalue weighted by atomic mass is 9.71. The van der Waals surface area contributed by atoms with E-state index in [9.17, 15) is 5.11 Å². The van der Waals surface area contributed by atoms with Crippen LogP contribution in [-0.4, -0.2) is 15.7 Å². The molecule has 19 heavy (non-hydrogen) atoms. The van der Waals surface area contributed by atoms with Gasteiger partial charge >= 0.3 is 0 Å². The lowest BCUT2D eigenvalue weighted by Crippen LogP contribution is -2.43. The van der Waals surface area contributed by atoms with Gasteiger partial charge in [-0.25, -0.2) is 4.98 Å². The second-order valence-electron chi connectivity index (χ2n) is 6.89. The number of hydrogen-bond donors (Lipinski definition) is 2. The number of nitrogens with two attached hydrogens (primary N) is 1. The molecule has 1 aromatic rings. The first-order valence-corrected chi connectivity index (χ1v) is 7.59. The maximum absolute atomic E-state index is 11.1. The molecule has 2 bridgehead atoms.